The highest BCUT2D eigenvalue weighted by atomic mass is 19.1. The number of pyridine rings is 2. The van der Waals surface area contributed by atoms with Crippen LogP contribution in [0.15, 0.2) is 73.1 Å². The van der Waals surface area contributed by atoms with E-state index in [4.69, 9.17) is 0 Å². The highest BCUT2D eigenvalue weighted by Crippen LogP contribution is 2.47. The largest absolute Gasteiger partial charge is 0.339 e. The molecule has 1 fully saturated rings. The Morgan fingerprint density at radius 3 is 2.40 bits per heavy atom. The zero-order valence-electron chi connectivity index (χ0n) is 22.2. The summed E-state index contributed by atoms with van der Waals surface area (Å²) in [5.41, 5.74) is 1.05. The van der Waals surface area contributed by atoms with Crippen LogP contribution in [0.5, 0.6) is 0 Å². The Hall–Kier alpha value is -5.06. The van der Waals surface area contributed by atoms with Crippen LogP contribution in [-0.4, -0.2) is 56.5 Å². The third-order valence-electron chi connectivity index (χ3n) is 8.28. The van der Waals surface area contributed by atoms with Gasteiger partial charge in [0.15, 0.2) is 5.65 Å². The molecule has 0 saturated carbocycles. The van der Waals surface area contributed by atoms with Gasteiger partial charge in [0.2, 0.25) is 0 Å². The van der Waals surface area contributed by atoms with Crippen LogP contribution >= 0.6 is 0 Å². The summed E-state index contributed by atoms with van der Waals surface area (Å²) < 4.78 is 43.6. The van der Waals surface area contributed by atoms with E-state index < -0.39 is 40.0 Å². The predicted octanol–water partition coefficient (Wildman–Crippen LogP) is 5.27. The number of fused-ring (bicyclic) bond motifs is 3. The van der Waals surface area contributed by atoms with Gasteiger partial charge in [-0.3, -0.25) is 14.7 Å². The van der Waals surface area contributed by atoms with Crippen LogP contribution in [0.4, 0.5) is 18.9 Å². The number of hydrogen-bond donors (Lipinski definition) is 1. The average molecular weight is 569 g/mol. The van der Waals surface area contributed by atoms with E-state index in [1.54, 1.807) is 22.1 Å². The second-order valence-electron chi connectivity index (χ2n) is 10.6. The summed E-state index contributed by atoms with van der Waals surface area (Å²) >= 11 is 0. The molecular formula is C31H23F3N6O2. The lowest BCUT2D eigenvalue weighted by Crippen LogP contribution is -2.48. The number of likely N-dealkylation sites (tertiary alicyclic amines) is 1. The van der Waals surface area contributed by atoms with Gasteiger partial charge in [-0.15, -0.1) is 0 Å². The fourth-order valence-electron chi connectivity index (χ4n) is 6.11. The summed E-state index contributed by atoms with van der Waals surface area (Å²) in [4.78, 5) is 38.9. The minimum absolute atomic E-state index is 0.122. The van der Waals surface area contributed by atoms with Crippen LogP contribution in [0.1, 0.15) is 39.3 Å². The summed E-state index contributed by atoms with van der Waals surface area (Å²) in [5, 5.41) is 7.49. The molecule has 210 valence electrons. The first-order chi connectivity index (χ1) is 20.3. The number of amides is 2. The smallest absolute Gasteiger partial charge is 0.276 e. The number of benzene rings is 2. The lowest BCUT2D eigenvalue weighted by molar-refractivity contribution is 0.0670. The van der Waals surface area contributed by atoms with E-state index in [1.807, 2.05) is 24.3 Å². The summed E-state index contributed by atoms with van der Waals surface area (Å²) in [6.07, 6.45) is 4.39. The molecule has 1 spiro atoms. The molecule has 1 N–H and O–H groups in total. The first-order valence-electron chi connectivity index (χ1n) is 13.5. The van der Waals surface area contributed by atoms with E-state index in [2.05, 4.69) is 20.2 Å². The molecule has 0 bridgehead atoms. The Labute approximate surface area is 237 Å². The molecule has 0 radical (unpaired) electrons. The molecule has 0 aliphatic carbocycles. The summed E-state index contributed by atoms with van der Waals surface area (Å²) in [7, 11) is 0. The normalized spacial score (nSPS) is 15.8. The first kappa shape index (κ1) is 25.9. The number of nitrogens with zero attached hydrogens (tertiary/aromatic N) is 5. The lowest BCUT2D eigenvalue weighted by Gasteiger charge is -2.39. The van der Waals surface area contributed by atoms with E-state index in [0.29, 0.717) is 49.4 Å². The van der Waals surface area contributed by atoms with Crippen molar-refractivity contribution >= 4 is 28.5 Å². The number of halogens is 3. The topological polar surface area (TPSA) is 95.1 Å². The van der Waals surface area contributed by atoms with Gasteiger partial charge >= 0.3 is 0 Å². The Balaban J connectivity index is 1.15. The number of carbonyl (C=O) groups is 2. The van der Waals surface area contributed by atoms with Crippen molar-refractivity contribution in [3.63, 3.8) is 0 Å². The SMILES string of the molecule is O=C(c1cnc2[nH]ncc2c1)N1CCC2(CC1)CN(C(=O)c1ccc(F)c(-c3c(F)cccc3F)n1)c1ccccc12. The molecule has 0 unspecified atom stereocenters. The fourth-order valence-corrected chi connectivity index (χ4v) is 6.11. The van der Waals surface area contributed by atoms with E-state index >= 15 is 0 Å². The van der Waals surface area contributed by atoms with Gasteiger partial charge in [0.05, 0.1) is 17.3 Å². The molecule has 42 heavy (non-hydrogen) atoms. The Morgan fingerprint density at radius 1 is 0.857 bits per heavy atom. The van der Waals surface area contributed by atoms with Gasteiger partial charge in [-0.05, 0) is 54.8 Å². The molecule has 7 rings (SSSR count). The van der Waals surface area contributed by atoms with Crippen molar-refractivity contribution in [2.75, 3.05) is 24.5 Å². The van der Waals surface area contributed by atoms with Crippen molar-refractivity contribution in [3.05, 3.63) is 107 Å². The number of para-hydroxylation sites is 1. The van der Waals surface area contributed by atoms with Crippen LogP contribution in [-0.2, 0) is 5.41 Å². The first-order valence-corrected chi connectivity index (χ1v) is 13.5. The molecule has 2 aromatic carbocycles. The Bertz CT molecular complexity index is 1860. The van der Waals surface area contributed by atoms with Crippen molar-refractivity contribution in [1.29, 1.82) is 0 Å². The predicted molar refractivity (Wildman–Crippen MR) is 148 cm³/mol. The number of anilines is 1. The number of carbonyl (C=O) groups excluding carboxylic acids is 2. The number of hydrogen-bond acceptors (Lipinski definition) is 5. The average Bonchev–Trinajstić information content (AvgIpc) is 3.60. The van der Waals surface area contributed by atoms with Crippen LogP contribution in [0, 0.1) is 17.5 Å². The number of aromatic nitrogens is 4. The van der Waals surface area contributed by atoms with Crippen molar-refractivity contribution < 1.29 is 22.8 Å². The maximum absolute atomic E-state index is 14.7. The quantitative estimate of drug-likeness (QED) is 0.320. The summed E-state index contributed by atoms with van der Waals surface area (Å²) in [6.45, 7) is 1.28. The molecule has 5 heterocycles. The van der Waals surface area contributed by atoms with Gasteiger partial charge in [0.1, 0.15) is 28.8 Å². The van der Waals surface area contributed by atoms with Gasteiger partial charge in [-0.1, -0.05) is 24.3 Å². The van der Waals surface area contributed by atoms with Crippen molar-refractivity contribution in [2.45, 2.75) is 18.3 Å². The maximum Gasteiger partial charge on any atom is 0.276 e. The molecule has 2 aliphatic rings. The third-order valence-corrected chi connectivity index (χ3v) is 8.28. The highest BCUT2D eigenvalue weighted by Gasteiger charge is 2.47. The molecule has 8 nitrogen and oxygen atoms in total. The van der Waals surface area contributed by atoms with Crippen molar-refractivity contribution in [3.8, 4) is 11.3 Å². The summed E-state index contributed by atoms with van der Waals surface area (Å²) in [6, 6.07) is 14.7. The van der Waals surface area contributed by atoms with Crippen LogP contribution < -0.4 is 4.90 Å². The van der Waals surface area contributed by atoms with Gasteiger partial charge in [-0.2, -0.15) is 5.10 Å². The highest BCUT2D eigenvalue weighted by molar-refractivity contribution is 6.07. The van der Waals surface area contributed by atoms with Gasteiger partial charge in [0.25, 0.3) is 11.8 Å². The molecule has 2 aliphatic heterocycles. The minimum atomic E-state index is -0.974. The fraction of sp³-hybridized carbons (Fsp3) is 0.194. The number of nitrogens with one attached hydrogen (secondary N) is 1. The van der Waals surface area contributed by atoms with E-state index in [0.717, 1.165) is 29.1 Å². The van der Waals surface area contributed by atoms with Gasteiger partial charge in [0, 0.05) is 42.3 Å². The Morgan fingerprint density at radius 2 is 1.62 bits per heavy atom. The second kappa shape index (κ2) is 9.79. The van der Waals surface area contributed by atoms with E-state index in [1.165, 1.54) is 18.3 Å². The third kappa shape index (κ3) is 4.11. The summed E-state index contributed by atoms with van der Waals surface area (Å²) in [5.74, 6) is -3.51. The van der Waals surface area contributed by atoms with Crippen LogP contribution in [0.3, 0.4) is 0 Å². The number of H-pyrrole nitrogens is 1. The molecule has 0 atom stereocenters. The van der Waals surface area contributed by atoms with Crippen LogP contribution in [0.25, 0.3) is 22.3 Å². The molecule has 3 aromatic heterocycles. The van der Waals surface area contributed by atoms with Crippen LogP contribution in [0.2, 0.25) is 0 Å². The molecular weight excluding hydrogens is 545 g/mol. The lowest BCUT2D eigenvalue weighted by atomic mass is 9.74. The van der Waals surface area contributed by atoms with Gasteiger partial charge < -0.3 is 9.80 Å². The van der Waals surface area contributed by atoms with Crippen molar-refractivity contribution in [1.82, 2.24) is 25.1 Å². The second-order valence-corrected chi connectivity index (χ2v) is 10.6. The molecule has 2 amide bonds. The van der Waals surface area contributed by atoms with E-state index in [-0.39, 0.29) is 11.6 Å². The van der Waals surface area contributed by atoms with E-state index in [9.17, 15) is 22.8 Å². The number of rotatable bonds is 3. The zero-order valence-corrected chi connectivity index (χ0v) is 22.2. The molecule has 5 aromatic rings. The minimum Gasteiger partial charge on any atom is -0.339 e. The zero-order chi connectivity index (χ0) is 29.0. The molecule has 1 saturated heterocycles. The standard InChI is InChI=1S/C31H23F3N6O2/c32-21-5-3-6-22(33)26(21)27-23(34)8-9-24(37-27)30(42)40-17-31(20-4-1-2-7-25(20)40)10-12-39(13-11-31)29(41)19-14-18-16-36-38-28(18)35-15-19/h1-9,14-16H,10-13,17H2,(H,35,36,38). The number of piperidine rings is 1. The maximum atomic E-state index is 14.7. The monoisotopic (exact) mass is 568 g/mol. The Kier molecular flexibility index (Phi) is 6.03. The van der Waals surface area contributed by atoms with Crippen molar-refractivity contribution in [2.24, 2.45) is 0 Å². The molecule has 11 heteroatoms. The number of aromatic amines is 1. The van der Waals surface area contributed by atoms with Gasteiger partial charge in [-0.25, -0.2) is 23.1 Å².